The van der Waals surface area contributed by atoms with E-state index in [-0.39, 0.29) is 30.0 Å². The first-order chi connectivity index (χ1) is 16.0. The molecule has 6 heteroatoms. The highest BCUT2D eigenvalue weighted by Gasteiger charge is 2.34. The van der Waals surface area contributed by atoms with Crippen LogP contribution in [0.15, 0.2) is 66.0 Å². The van der Waals surface area contributed by atoms with Crippen molar-refractivity contribution in [3.63, 3.8) is 0 Å². The third-order valence-corrected chi connectivity index (χ3v) is 7.03. The zero-order valence-electron chi connectivity index (χ0n) is 18.9. The molecule has 0 bridgehead atoms. The molecule has 1 atom stereocenters. The molecule has 2 amide bonds. The van der Waals surface area contributed by atoms with Crippen molar-refractivity contribution in [1.82, 2.24) is 5.32 Å². The second-order valence-electron chi connectivity index (χ2n) is 8.69. The van der Waals surface area contributed by atoms with E-state index >= 15 is 0 Å². The molecular formula is C27H30N2O3S. The molecule has 0 saturated heterocycles. The number of rotatable bonds is 7. The van der Waals surface area contributed by atoms with E-state index in [0.717, 1.165) is 36.1 Å². The zero-order chi connectivity index (χ0) is 23.2. The third-order valence-electron chi connectivity index (χ3n) is 6.15. The minimum absolute atomic E-state index is 0.122. The predicted molar refractivity (Wildman–Crippen MR) is 133 cm³/mol. The Kier molecular flexibility index (Phi) is 7.45. The molecule has 0 spiro atoms. The van der Waals surface area contributed by atoms with Crippen molar-refractivity contribution in [2.24, 2.45) is 0 Å². The molecular weight excluding hydrogens is 432 g/mol. The van der Waals surface area contributed by atoms with Gasteiger partial charge in [0.25, 0.3) is 0 Å². The molecule has 1 saturated carbocycles. The number of thiophene rings is 1. The van der Waals surface area contributed by atoms with Gasteiger partial charge >= 0.3 is 0 Å². The second kappa shape index (κ2) is 10.7. The predicted octanol–water partition coefficient (Wildman–Crippen LogP) is 5.53. The number of anilines is 1. The average Bonchev–Trinajstić information content (AvgIpc) is 3.32. The van der Waals surface area contributed by atoms with Crippen LogP contribution in [-0.2, 0) is 16.0 Å². The van der Waals surface area contributed by atoms with Gasteiger partial charge in [-0.15, -0.1) is 11.3 Å². The minimum atomic E-state index is -0.831. The van der Waals surface area contributed by atoms with Crippen LogP contribution in [0.2, 0.25) is 0 Å². The summed E-state index contributed by atoms with van der Waals surface area (Å²) in [5.41, 5.74) is 2.43. The largest absolute Gasteiger partial charge is 0.508 e. The van der Waals surface area contributed by atoms with E-state index in [9.17, 15) is 14.7 Å². The topological polar surface area (TPSA) is 69.6 Å². The van der Waals surface area contributed by atoms with Gasteiger partial charge in [-0.3, -0.25) is 14.5 Å². The molecule has 0 unspecified atom stereocenters. The highest BCUT2D eigenvalue weighted by molar-refractivity contribution is 7.10. The normalized spacial score (nSPS) is 15.1. The summed E-state index contributed by atoms with van der Waals surface area (Å²) in [5, 5.41) is 15.0. The lowest BCUT2D eigenvalue weighted by Gasteiger charge is -2.33. The summed E-state index contributed by atoms with van der Waals surface area (Å²) in [6.45, 7) is 1.99. The van der Waals surface area contributed by atoms with E-state index in [1.165, 1.54) is 17.8 Å². The smallest absolute Gasteiger partial charge is 0.248 e. The monoisotopic (exact) mass is 462 g/mol. The van der Waals surface area contributed by atoms with Crippen LogP contribution in [0.5, 0.6) is 5.75 Å². The van der Waals surface area contributed by atoms with Gasteiger partial charge < -0.3 is 10.4 Å². The minimum Gasteiger partial charge on any atom is -0.508 e. The highest BCUT2D eigenvalue weighted by Crippen LogP contribution is 2.31. The maximum Gasteiger partial charge on any atom is 0.248 e. The Morgan fingerprint density at radius 2 is 1.73 bits per heavy atom. The van der Waals surface area contributed by atoms with E-state index in [0.29, 0.717) is 11.3 Å². The third kappa shape index (κ3) is 5.82. The summed E-state index contributed by atoms with van der Waals surface area (Å²) in [5.74, 6) is -0.206. The number of hydrogen-bond acceptors (Lipinski definition) is 4. The molecule has 1 fully saturated rings. The van der Waals surface area contributed by atoms with Gasteiger partial charge in [0.1, 0.15) is 11.8 Å². The fraction of sp³-hybridized carbons (Fsp3) is 0.333. The van der Waals surface area contributed by atoms with Crippen molar-refractivity contribution in [3.05, 3.63) is 82.0 Å². The van der Waals surface area contributed by atoms with Crippen LogP contribution in [0, 0.1) is 6.92 Å². The molecule has 1 aliphatic carbocycles. The summed E-state index contributed by atoms with van der Waals surface area (Å²) in [6, 6.07) is 17.4. The maximum absolute atomic E-state index is 13.7. The van der Waals surface area contributed by atoms with Crippen LogP contribution in [0.3, 0.4) is 0 Å². The Morgan fingerprint density at radius 1 is 1.03 bits per heavy atom. The molecule has 2 N–H and O–H groups in total. The first-order valence-electron chi connectivity index (χ1n) is 11.5. The zero-order valence-corrected chi connectivity index (χ0v) is 19.7. The molecule has 1 aliphatic rings. The van der Waals surface area contributed by atoms with E-state index in [4.69, 9.17) is 0 Å². The number of hydrogen-bond donors (Lipinski definition) is 2. The number of phenols is 1. The van der Waals surface area contributed by atoms with Gasteiger partial charge in [0.2, 0.25) is 11.8 Å². The molecule has 3 aromatic rings. The van der Waals surface area contributed by atoms with Crippen molar-refractivity contribution in [2.75, 3.05) is 4.90 Å². The quantitative estimate of drug-likeness (QED) is 0.485. The maximum atomic E-state index is 13.7. The number of nitrogens with zero attached hydrogens (tertiary/aromatic N) is 1. The van der Waals surface area contributed by atoms with Crippen molar-refractivity contribution < 1.29 is 14.7 Å². The Hall–Kier alpha value is -3.12. The van der Waals surface area contributed by atoms with Crippen LogP contribution in [0.4, 0.5) is 5.69 Å². The Bertz CT molecular complexity index is 1060. The highest BCUT2D eigenvalue weighted by atomic mass is 32.1. The van der Waals surface area contributed by atoms with Gasteiger partial charge in [-0.25, -0.2) is 0 Å². The number of amides is 2. The number of aryl methyl sites for hydroxylation is 1. The van der Waals surface area contributed by atoms with Crippen LogP contribution in [0.1, 0.15) is 54.1 Å². The fourth-order valence-corrected chi connectivity index (χ4v) is 5.09. The molecule has 4 rings (SSSR count). The molecule has 0 radical (unpaired) electrons. The fourth-order valence-electron chi connectivity index (χ4n) is 4.39. The summed E-state index contributed by atoms with van der Waals surface area (Å²) >= 11 is 1.53. The molecule has 1 aromatic heterocycles. The van der Waals surface area contributed by atoms with E-state index in [1.54, 1.807) is 29.2 Å². The lowest BCUT2D eigenvalue weighted by molar-refractivity contribution is -0.127. The van der Waals surface area contributed by atoms with Gasteiger partial charge in [0.05, 0.1) is 6.42 Å². The van der Waals surface area contributed by atoms with Crippen molar-refractivity contribution in [3.8, 4) is 5.75 Å². The van der Waals surface area contributed by atoms with Crippen LogP contribution < -0.4 is 10.2 Å². The van der Waals surface area contributed by atoms with Crippen LogP contribution in [-0.4, -0.2) is 23.0 Å². The number of aromatic hydroxyl groups is 1. The summed E-state index contributed by atoms with van der Waals surface area (Å²) in [6.07, 6.45) is 5.55. The second-order valence-corrected chi connectivity index (χ2v) is 9.73. The van der Waals surface area contributed by atoms with E-state index < -0.39 is 6.04 Å². The first kappa shape index (κ1) is 23.1. The number of phenolic OH excluding ortho intramolecular Hbond substituents is 1. The van der Waals surface area contributed by atoms with Crippen molar-refractivity contribution in [1.29, 1.82) is 0 Å². The number of benzene rings is 2. The lowest BCUT2D eigenvalue weighted by Crippen LogP contribution is -2.47. The lowest BCUT2D eigenvalue weighted by atomic mass is 9.94. The van der Waals surface area contributed by atoms with Gasteiger partial charge in [-0.05, 0) is 61.0 Å². The average molecular weight is 463 g/mol. The molecule has 0 aliphatic heterocycles. The SMILES string of the molecule is Cc1ccc(N(C(=O)Cc2cccs2)[C@@H](C(=O)NC2CCCCC2)c2ccc(O)cc2)cc1. The molecule has 33 heavy (non-hydrogen) atoms. The van der Waals surface area contributed by atoms with Crippen molar-refractivity contribution >= 4 is 28.8 Å². The molecule has 5 nitrogen and oxygen atoms in total. The molecule has 172 valence electrons. The summed E-state index contributed by atoms with van der Waals surface area (Å²) in [4.78, 5) is 30.0. The number of carbonyl (C=O) groups excluding carboxylic acids is 2. The first-order valence-corrected chi connectivity index (χ1v) is 12.4. The van der Waals surface area contributed by atoms with Crippen molar-refractivity contribution in [2.45, 2.75) is 57.5 Å². The number of nitrogens with one attached hydrogen (secondary N) is 1. The van der Waals surface area contributed by atoms with Gasteiger partial charge in [0, 0.05) is 16.6 Å². The number of carbonyl (C=O) groups is 2. The Labute approximate surface area is 199 Å². The Morgan fingerprint density at radius 3 is 2.36 bits per heavy atom. The summed E-state index contributed by atoms with van der Waals surface area (Å²) < 4.78 is 0. The van der Waals surface area contributed by atoms with Gasteiger partial charge in [-0.1, -0.05) is 55.2 Å². The van der Waals surface area contributed by atoms with Gasteiger partial charge in [0.15, 0.2) is 0 Å². The summed E-state index contributed by atoms with van der Waals surface area (Å²) in [7, 11) is 0. The van der Waals surface area contributed by atoms with E-state index in [1.807, 2.05) is 48.7 Å². The molecule has 2 aromatic carbocycles. The van der Waals surface area contributed by atoms with Gasteiger partial charge in [-0.2, -0.15) is 0 Å². The van der Waals surface area contributed by atoms with Crippen LogP contribution >= 0.6 is 11.3 Å². The Balaban J connectivity index is 1.73. The van der Waals surface area contributed by atoms with E-state index in [2.05, 4.69) is 5.32 Å². The van der Waals surface area contributed by atoms with Crippen LogP contribution in [0.25, 0.3) is 0 Å². The standard InChI is InChI=1S/C27H30N2O3S/c1-19-9-13-22(14-10-19)29(25(31)18-24-8-5-17-33-24)26(20-11-15-23(30)16-12-20)27(32)28-21-6-3-2-4-7-21/h5,8-17,21,26,30H,2-4,6-7,18H2,1H3,(H,28,32)/t26-/m1/s1. The molecule has 1 heterocycles.